The van der Waals surface area contributed by atoms with Crippen LogP contribution in [0.15, 0.2) is 0 Å². The Morgan fingerprint density at radius 2 is 1.67 bits per heavy atom. The molecule has 1 aliphatic heterocycles. The fourth-order valence-corrected chi connectivity index (χ4v) is 1.75. The minimum atomic E-state index is -0.683. The van der Waals surface area contributed by atoms with Crippen molar-refractivity contribution in [2.45, 2.75) is 51.7 Å². The van der Waals surface area contributed by atoms with Crippen molar-refractivity contribution in [2.75, 3.05) is 26.2 Å². The average molecular weight is 214 g/mol. The quantitative estimate of drug-likeness (QED) is 0.722. The number of nitrogens with one attached hydrogen (secondary N) is 1. The van der Waals surface area contributed by atoms with E-state index in [1.807, 2.05) is 13.8 Å². The Kier molecular flexibility index (Phi) is 4.15. The maximum Gasteiger partial charge on any atom is 0.0767 e. The molecule has 0 aromatic heterocycles. The molecule has 1 saturated heterocycles. The lowest BCUT2D eigenvalue weighted by Crippen LogP contribution is -2.57. The zero-order chi connectivity index (χ0) is 11.5. The van der Waals surface area contributed by atoms with E-state index >= 15 is 0 Å². The minimum Gasteiger partial charge on any atom is -0.389 e. The fourth-order valence-electron chi connectivity index (χ4n) is 1.75. The molecule has 1 fully saturated rings. The molecule has 0 spiro atoms. The molecule has 0 unspecified atom stereocenters. The van der Waals surface area contributed by atoms with E-state index in [0.29, 0.717) is 0 Å². The van der Waals surface area contributed by atoms with Gasteiger partial charge in [-0.25, -0.2) is 0 Å². The summed E-state index contributed by atoms with van der Waals surface area (Å²) in [5.41, 5.74) is -0.912. The Labute approximate surface area is 93.9 Å². The number of rotatable bonds is 5. The number of hydrogen-bond acceptors (Lipinski definition) is 3. The van der Waals surface area contributed by atoms with Crippen LogP contribution in [-0.4, -0.2) is 47.3 Å². The fraction of sp³-hybridized carbons (Fsp3) is 1.00. The van der Waals surface area contributed by atoms with Crippen molar-refractivity contribution in [1.29, 1.82) is 0 Å². The van der Waals surface area contributed by atoms with Gasteiger partial charge in [-0.05, 0) is 53.6 Å². The zero-order valence-electron chi connectivity index (χ0n) is 10.6. The zero-order valence-corrected chi connectivity index (χ0v) is 10.6. The summed E-state index contributed by atoms with van der Waals surface area (Å²) in [6, 6.07) is 0. The number of nitrogens with zero attached hydrogens (tertiary/aromatic N) is 1. The van der Waals surface area contributed by atoms with Gasteiger partial charge >= 0.3 is 0 Å². The third kappa shape index (κ3) is 3.74. The first-order chi connectivity index (χ1) is 6.83. The Morgan fingerprint density at radius 3 is 2.13 bits per heavy atom. The largest absolute Gasteiger partial charge is 0.389 e. The second-order valence-electron chi connectivity index (χ2n) is 5.66. The highest BCUT2D eigenvalue weighted by Crippen LogP contribution is 2.20. The van der Waals surface area contributed by atoms with Gasteiger partial charge in [-0.1, -0.05) is 0 Å². The number of likely N-dealkylation sites (tertiary alicyclic amines) is 1. The van der Waals surface area contributed by atoms with E-state index in [4.69, 9.17) is 0 Å². The molecule has 0 amide bonds. The molecule has 90 valence electrons. The molecule has 0 saturated carbocycles. The van der Waals surface area contributed by atoms with Crippen molar-refractivity contribution in [1.82, 2.24) is 10.2 Å². The molecule has 3 heteroatoms. The summed E-state index contributed by atoms with van der Waals surface area (Å²) in [5.74, 6) is 0. The molecule has 0 bridgehead atoms. The first-order valence-electron chi connectivity index (χ1n) is 6.03. The van der Waals surface area contributed by atoms with E-state index in [-0.39, 0.29) is 5.54 Å². The van der Waals surface area contributed by atoms with Crippen molar-refractivity contribution < 1.29 is 5.11 Å². The van der Waals surface area contributed by atoms with E-state index in [1.165, 1.54) is 25.9 Å². The molecule has 1 heterocycles. The normalized spacial score (nSPS) is 19.8. The van der Waals surface area contributed by atoms with Crippen LogP contribution in [0.1, 0.15) is 40.5 Å². The van der Waals surface area contributed by atoms with Crippen LogP contribution in [0.5, 0.6) is 0 Å². The molecule has 0 aromatic rings. The van der Waals surface area contributed by atoms with Crippen LogP contribution in [0.3, 0.4) is 0 Å². The Bertz CT molecular complexity index is 190. The molecule has 0 aliphatic carbocycles. The molecular formula is C12H26N2O. The van der Waals surface area contributed by atoms with Gasteiger partial charge in [-0.3, -0.25) is 0 Å². The van der Waals surface area contributed by atoms with Crippen molar-refractivity contribution in [2.24, 2.45) is 0 Å². The Morgan fingerprint density at radius 1 is 1.13 bits per heavy atom. The van der Waals surface area contributed by atoms with Crippen LogP contribution in [0.2, 0.25) is 0 Å². The summed E-state index contributed by atoms with van der Waals surface area (Å²) in [5, 5.41) is 13.4. The first-order valence-corrected chi connectivity index (χ1v) is 6.03. The maximum atomic E-state index is 9.96. The summed E-state index contributed by atoms with van der Waals surface area (Å²) >= 11 is 0. The standard InChI is InChI=1S/C12H26N2O/c1-11(2,12(3,4)15)13-7-10-14-8-5-6-9-14/h13,15H,5-10H2,1-4H3. The summed E-state index contributed by atoms with van der Waals surface area (Å²) in [6.07, 6.45) is 2.68. The summed E-state index contributed by atoms with van der Waals surface area (Å²) in [4.78, 5) is 2.48. The van der Waals surface area contributed by atoms with Crippen LogP contribution in [0.4, 0.5) is 0 Å². The summed E-state index contributed by atoms with van der Waals surface area (Å²) in [7, 11) is 0. The molecule has 1 rings (SSSR count). The van der Waals surface area contributed by atoms with Gasteiger partial charge in [-0.15, -0.1) is 0 Å². The third-order valence-electron chi connectivity index (χ3n) is 3.72. The van der Waals surface area contributed by atoms with Crippen molar-refractivity contribution in [3.05, 3.63) is 0 Å². The number of hydrogen-bond donors (Lipinski definition) is 2. The molecule has 0 radical (unpaired) electrons. The minimum absolute atomic E-state index is 0.229. The van der Waals surface area contributed by atoms with Crippen LogP contribution in [0.25, 0.3) is 0 Å². The van der Waals surface area contributed by atoms with Gasteiger partial charge in [0.1, 0.15) is 0 Å². The van der Waals surface area contributed by atoms with Gasteiger partial charge in [0.15, 0.2) is 0 Å². The lowest BCUT2D eigenvalue weighted by molar-refractivity contribution is -0.00500. The molecule has 1 aliphatic rings. The monoisotopic (exact) mass is 214 g/mol. The Hall–Kier alpha value is -0.120. The van der Waals surface area contributed by atoms with Crippen molar-refractivity contribution >= 4 is 0 Å². The van der Waals surface area contributed by atoms with E-state index < -0.39 is 5.60 Å². The van der Waals surface area contributed by atoms with Gasteiger partial charge in [0.05, 0.1) is 5.60 Å². The summed E-state index contributed by atoms with van der Waals surface area (Å²) < 4.78 is 0. The molecule has 2 N–H and O–H groups in total. The SMILES string of the molecule is CC(C)(O)C(C)(C)NCCN1CCCC1. The van der Waals surface area contributed by atoms with E-state index in [1.54, 1.807) is 0 Å². The average Bonchev–Trinajstić information content (AvgIpc) is 2.54. The van der Waals surface area contributed by atoms with Crippen LogP contribution >= 0.6 is 0 Å². The highest BCUT2D eigenvalue weighted by atomic mass is 16.3. The van der Waals surface area contributed by atoms with Crippen LogP contribution < -0.4 is 5.32 Å². The van der Waals surface area contributed by atoms with E-state index in [2.05, 4.69) is 24.1 Å². The second kappa shape index (κ2) is 4.81. The van der Waals surface area contributed by atoms with Gasteiger partial charge in [0.2, 0.25) is 0 Å². The third-order valence-corrected chi connectivity index (χ3v) is 3.72. The summed E-state index contributed by atoms with van der Waals surface area (Å²) in [6.45, 7) is 12.4. The lowest BCUT2D eigenvalue weighted by atomic mass is 9.86. The highest BCUT2D eigenvalue weighted by Gasteiger charge is 2.34. The smallest absolute Gasteiger partial charge is 0.0767 e. The van der Waals surface area contributed by atoms with E-state index in [9.17, 15) is 5.11 Å². The van der Waals surface area contributed by atoms with Gasteiger partial charge < -0.3 is 15.3 Å². The van der Waals surface area contributed by atoms with Gasteiger partial charge in [-0.2, -0.15) is 0 Å². The first kappa shape index (κ1) is 12.9. The predicted octanol–water partition coefficient (Wildman–Crippen LogP) is 1.22. The highest BCUT2D eigenvalue weighted by molar-refractivity contribution is 4.93. The molecule has 15 heavy (non-hydrogen) atoms. The van der Waals surface area contributed by atoms with Gasteiger partial charge in [0, 0.05) is 18.6 Å². The molecular weight excluding hydrogens is 188 g/mol. The molecule has 0 aromatic carbocycles. The molecule has 3 nitrogen and oxygen atoms in total. The van der Waals surface area contributed by atoms with Gasteiger partial charge in [0.25, 0.3) is 0 Å². The predicted molar refractivity (Wildman–Crippen MR) is 64.1 cm³/mol. The van der Waals surface area contributed by atoms with E-state index in [0.717, 1.165) is 13.1 Å². The topological polar surface area (TPSA) is 35.5 Å². The van der Waals surface area contributed by atoms with Crippen LogP contribution in [-0.2, 0) is 0 Å². The second-order valence-corrected chi connectivity index (χ2v) is 5.66. The Balaban J connectivity index is 2.23. The lowest BCUT2D eigenvalue weighted by Gasteiger charge is -2.38. The molecule has 0 atom stereocenters. The van der Waals surface area contributed by atoms with Crippen LogP contribution in [0, 0.1) is 0 Å². The maximum absolute atomic E-state index is 9.96. The number of aliphatic hydroxyl groups is 1. The van der Waals surface area contributed by atoms with Crippen molar-refractivity contribution in [3.63, 3.8) is 0 Å². The van der Waals surface area contributed by atoms with Crippen molar-refractivity contribution in [3.8, 4) is 0 Å².